The van der Waals surface area contributed by atoms with Gasteiger partial charge in [0.25, 0.3) is 0 Å². The number of amides is 2. The van der Waals surface area contributed by atoms with Gasteiger partial charge in [-0.05, 0) is 88.1 Å². The van der Waals surface area contributed by atoms with E-state index < -0.39 is 17.9 Å². The van der Waals surface area contributed by atoms with Crippen molar-refractivity contribution in [2.75, 3.05) is 26.2 Å². The molecule has 0 bridgehead atoms. The van der Waals surface area contributed by atoms with Crippen LogP contribution in [0, 0.1) is 35.5 Å². The molecule has 6 unspecified atom stereocenters. The summed E-state index contributed by atoms with van der Waals surface area (Å²) in [4.78, 5) is 56.3. The van der Waals surface area contributed by atoms with Gasteiger partial charge in [0.1, 0.15) is 13.1 Å². The van der Waals surface area contributed by atoms with Crippen molar-refractivity contribution in [3.63, 3.8) is 0 Å². The molecular formula is C32H49N8O6-. The molecule has 2 aliphatic carbocycles. The zero-order valence-corrected chi connectivity index (χ0v) is 26.5. The van der Waals surface area contributed by atoms with Gasteiger partial charge in [-0.1, -0.05) is 12.8 Å². The molecule has 0 radical (unpaired) electrons. The van der Waals surface area contributed by atoms with Gasteiger partial charge in [0, 0.05) is 37.4 Å². The van der Waals surface area contributed by atoms with Gasteiger partial charge in [-0.3, -0.25) is 14.4 Å². The van der Waals surface area contributed by atoms with Crippen LogP contribution in [-0.2, 0) is 45.1 Å². The summed E-state index contributed by atoms with van der Waals surface area (Å²) in [5.41, 5.74) is 12.7. The molecule has 0 aromatic carbocycles. The molecule has 7 N–H and O–H groups in total. The lowest BCUT2D eigenvalue weighted by molar-refractivity contribution is -0.308. The number of carbonyl (C=O) groups is 4. The number of imidazole rings is 2. The van der Waals surface area contributed by atoms with Crippen LogP contribution >= 0.6 is 0 Å². The van der Waals surface area contributed by atoms with Gasteiger partial charge in [0.05, 0.1) is 30.0 Å². The quantitative estimate of drug-likeness (QED) is 0.0996. The van der Waals surface area contributed by atoms with Gasteiger partial charge >= 0.3 is 5.97 Å². The van der Waals surface area contributed by atoms with Crippen LogP contribution in [0.5, 0.6) is 0 Å². The number of rotatable bonds is 23. The average molecular weight is 642 g/mol. The van der Waals surface area contributed by atoms with E-state index in [1.54, 1.807) is 28.0 Å². The van der Waals surface area contributed by atoms with Crippen molar-refractivity contribution in [2.24, 2.45) is 47.0 Å². The first-order valence-corrected chi connectivity index (χ1v) is 16.6. The van der Waals surface area contributed by atoms with Crippen LogP contribution in [0.2, 0.25) is 0 Å². The Bertz CT molecular complexity index is 1210. The van der Waals surface area contributed by atoms with Crippen molar-refractivity contribution in [2.45, 2.75) is 77.3 Å². The largest absolute Gasteiger partial charge is 0.550 e. The number of hydrogen-bond acceptors (Lipinski definition) is 9. The van der Waals surface area contributed by atoms with Gasteiger partial charge in [-0.25, -0.2) is 9.97 Å². The number of carboxylic acids is 2. The van der Waals surface area contributed by atoms with Crippen LogP contribution in [0.15, 0.2) is 25.0 Å². The maximum atomic E-state index is 12.3. The van der Waals surface area contributed by atoms with Crippen molar-refractivity contribution >= 4 is 23.8 Å². The zero-order valence-electron chi connectivity index (χ0n) is 26.5. The summed E-state index contributed by atoms with van der Waals surface area (Å²) in [6, 6.07) is 0. The Balaban J connectivity index is 1.02. The van der Waals surface area contributed by atoms with Gasteiger partial charge in [0.2, 0.25) is 11.8 Å². The van der Waals surface area contributed by atoms with Crippen LogP contribution < -0.4 is 27.2 Å². The molecule has 2 fully saturated rings. The normalized spacial score (nSPS) is 23.2. The Morgan fingerprint density at radius 1 is 0.717 bits per heavy atom. The molecule has 2 aliphatic rings. The van der Waals surface area contributed by atoms with Crippen molar-refractivity contribution in [3.05, 3.63) is 36.4 Å². The number of carboxylic acid groups (broad SMARTS) is 2. The molecular weight excluding hydrogens is 592 g/mol. The minimum absolute atomic E-state index is 0.0147. The Morgan fingerprint density at radius 3 is 1.61 bits per heavy atom. The van der Waals surface area contributed by atoms with E-state index in [2.05, 4.69) is 20.6 Å². The monoisotopic (exact) mass is 641 g/mol. The molecule has 2 aromatic heterocycles. The first kappa shape index (κ1) is 35.1. The van der Waals surface area contributed by atoms with E-state index in [1.807, 2.05) is 6.20 Å². The second kappa shape index (κ2) is 17.2. The van der Waals surface area contributed by atoms with Crippen molar-refractivity contribution in [1.82, 2.24) is 29.7 Å². The third-order valence-corrected chi connectivity index (χ3v) is 9.37. The van der Waals surface area contributed by atoms with E-state index in [1.165, 1.54) is 0 Å². The smallest absolute Gasteiger partial charge is 0.307 e. The maximum absolute atomic E-state index is 12.3. The highest BCUT2D eigenvalue weighted by Gasteiger charge is 2.54. The second-order valence-corrected chi connectivity index (χ2v) is 12.8. The first-order valence-electron chi connectivity index (χ1n) is 16.6. The van der Waals surface area contributed by atoms with Gasteiger partial charge < -0.3 is 46.2 Å². The fourth-order valence-corrected chi connectivity index (χ4v) is 6.84. The molecule has 0 saturated heterocycles. The SMILES string of the molecule is NCCCC1C(Cc2cn(CC(=O)NCCCCCCNC(=O)Cn3cnc(CC4C(CCCN)C4C(=O)O)c3)cn2)C1C(=O)[O-]. The fraction of sp³-hybridized carbons (Fsp3) is 0.688. The summed E-state index contributed by atoms with van der Waals surface area (Å²) in [6.07, 6.45) is 14.7. The Morgan fingerprint density at radius 2 is 1.17 bits per heavy atom. The Hall–Kier alpha value is -3.78. The summed E-state index contributed by atoms with van der Waals surface area (Å²) in [5.74, 6) is -2.42. The van der Waals surface area contributed by atoms with Gasteiger partial charge in [0.15, 0.2) is 0 Å². The molecule has 2 aromatic rings. The van der Waals surface area contributed by atoms with Gasteiger partial charge in [-0.2, -0.15) is 0 Å². The molecule has 14 heteroatoms. The molecule has 6 atom stereocenters. The topological polar surface area (TPSA) is 223 Å². The fourth-order valence-electron chi connectivity index (χ4n) is 6.84. The summed E-state index contributed by atoms with van der Waals surface area (Å²) in [7, 11) is 0. The lowest BCUT2D eigenvalue weighted by atomic mass is 10.1. The lowest BCUT2D eigenvalue weighted by Gasteiger charge is -2.07. The van der Waals surface area contributed by atoms with E-state index in [4.69, 9.17) is 11.5 Å². The molecule has 2 saturated carbocycles. The number of hydrogen-bond donors (Lipinski definition) is 5. The second-order valence-electron chi connectivity index (χ2n) is 12.8. The molecule has 0 spiro atoms. The number of nitrogens with two attached hydrogens (primary N) is 2. The Labute approximate surface area is 269 Å². The minimum Gasteiger partial charge on any atom is -0.550 e. The van der Waals surface area contributed by atoms with E-state index in [-0.39, 0.29) is 54.5 Å². The van der Waals surface area contributed by atoms with Crippen LogP contribution in [0.1, 0.15) is 62.8 Å². The number of aliphatic carboxylic acids is 2. The van der Waals surface area contributed by atoms with E-state index in [9.17, 15) is 29.4 Å². The summed E-state index contributed by atoms with van der Waals surface area (Å²) < 4.78 is 3.44. The number of nitrogens with one attached hydrogen (secondary N) is 2. The first-order chi connectivity index (χ1) is 22.2. The number of unbranched alkanes of at least 4 members (excludes halogenated alkanes) is 3. The summed E-state index contributed by atoms with van der Waals surface area (Å²) in [5, 5.41) is 26.7. The number of nitrogens with zero attached hydrogens (tertiary/aromatic N) is 4. The highest BCUT2D eigenvalue weighted by Crippen LogP contribution is 2.51. The molecule has 14 nitrogen and oxygen atoms in total. The third-order valence-electron chi connectivity index (χ3n) is 9.37. The van der Waals surface area contributed by atoms with E-state index in [0.29, 0.717) is 39.0 Å². The predicted octanol–water partition coefficient (Wildman–Crippen LogP) is -0.306. The van der Waals surface area contributed by atoms with Crippen LogP contribution in [0.4, 0.5) is 0 Å². The van der Waals surface area contributed by atoms with E-state index >= 15 is 0 Å². The highest BCUT2D eigenvalue weighted by atomic mass is 16.4. The maximum Gasteiger partial charge on any atom is 0.307 e. The molecule has 254 valence electrons. The third kappa shape index (κ3) is 10.4. The molecule has 2 amide bonds. The lowest BCUT2D eigenvalue weighted by Crippen LogP contribution is -2.28. The number of carbonyl (C=O) groups excluding carboxylic acids is 3. The molecule has 46 heavy (non-hydrogen) atoms. The molecule has 2 heterocycles. The molecule has 0 aliphatic heterocycles. The zero-order chi connectivity index (χ0) is 33.1. The van der Waals surface area contributed by atoms with Crippen molar-refractivity contribution < 1.29 is 29.4 Å². The Kier molecular flexibility index (Phi) is 13.1. The van der Waals surface area contributed by atoms with Crippen molar-refractivity contribution in [1.29, 1.82) is 0 Å². The standard InChI is InChI=1S/C32H50N8O6/c33-9-5-7-23-25(29(23)31(43)44)13-21-15-39(19-37-21)17-27(41)35-11-3-1-2-4-12-36-28(42)18-40-16-22(38-20-40)14-26-24(8-6-10-34)30(26)32(45)46/h15-16,19-20,23-26,29-30H,1-14,17-18,33-34H2,(H,35,41)(H,36,42)(H,43,44)(H,45,46)/p-1. The average Bonchev–Trinajstić information content (AvgIpc) is 3.74. The summed E-state index contributed by atoms with van der Waals surface area (Å²) in [6.45, 7) is 2.55. The van der Waals surface area contributed by atoms with Crippen LogP contribution in [-0.4, -0.2) is 74.1 Å². The molecule has 4 rings (SSSR count). The highest BCUT2D eigenvalue weighted by molar-refractivity contribution is 5.76. The minimum atomic E-state index is -1.01. The predicted molar refractivity (Wildman–Crippen MR) is 167 cm³/mol. The van der Waals surface area contributed by atoms with Gasteiger partial charge in [-0.15, -0.1) is 0 Å². The van der Waals surface area contributed by atoms with Crippen LogP contribution in [0.25, 0.3) is 0 Å². The van der Waals surface area contributed by atoms with E-state index in [0.717, 1.165) is 62.8 Å². The number of aromatic nitrogens is 4. The summed E-state index contributed by atoms with van der Waals surface area (Å²) >= 11 is 0. The van der Waals surface area contributed by atoms with Crippen LogP contribution in [0.3, 0.4) is 0 Å². The van der Waals surface area contributed by atoms with Crippen molar-refractivity contribution in [3.8, 4) is 0 Å².